The lowest BCUT2D eigenvalue weighted by Gasteiger charge is -2.09. The number of hydrogen-bond donors (Lipinski definition) is 2. The highest BCUT2D eigenvalue weighted by molar-refractivity contribution is 5.76. The lowest BCUT2D eigenvalue weighted by molar-refractivity contribution is -0.122. The summed E-state index contributed by atoms with van der Waals surface area (Å²) < 4.78 is 0. The van der Waals surface area contributed by atoms with Crippen molar-refractivity contribution in [3.63, 3.8) is 0 Å². The van der Waals surface area contributed by atoms with Crippen LogP contribution in [0.15, 0.2) is 48.6 Å². The molecule has 0 aromatic rings. The molecule has 0 saturated carbocycles. The van der Waals surface area contributed by atoms with Crippen molar-refractivity contribution >= 4 is 5.91 Å². The third-order valence-corrected chi connectivity index (χ3v) is 3.91. The van der Waals surface area contributed by atoms with Gasteiger partial charge in [-0.3, -0.25) is 4.79 Å². The number of aliphatic hydroxyl groups excluding tert-OH is 1. The van der Waals surface area contributed by atoms with Crippen molar-refractivity contribution in [2.75, 3.05) is 6.61 Å². The Kier molecular flexibility index (Phi) is 18.5. The van der Waals surface area contributed by atoms with Crippen LogP contribution in [0, 0.1) is 0 Å². The van der Waals surface area contributed by atoms with Gasteiger partial charge in [0.15, 0.2) is 0 Å². The van der Waals surface area contributed by atoms with E-state index in [1.54, 1.807) is 6.92 Å². The molecule has 148 valence electrons. The number of carbonyl (C=O) groups is 1. The Bertz CT molecular complexity index is 435. The first-order valence-electron chi connectivity index (χ1n) is 10.2. The largest absolute Gasteiger partial charge is 0.394 e. The summed E-state index contributed by atoms with van der Waals surface area (Å²) in [6, 6.07) is -0.154. The van der Waals surface area contributed by atoms with Gasteiger partial charge in [-0.2, -0.15) is 0 Å². The summed E-state index contributed by atoms with van der Waals surface area (Å²) in [5.74, 6) is 0.0161. The number of aliphatic hydroxyl groups is 1. The Morgan fingerprint density at radius 3 is 1.85 bits per heavy atom. The van der Waals surface area contributed by atoms with Crippen LogP contribution in [0.2, 0.25) is 0 Å². The van der Waals surface area contributed by atoms with Crippen molar-refractivity contribution in [1.82, 2.24) is 5.32 Å². The molecule has 0 aromatic heterocycles. The van der Waals surface area contributed by atoms with Gasteiger partial charge in [0.05, 0.1) is 6.61 Å². The number of rotatable bonds is 16. The lowest BCUT2D eigenvalue weighted by Crippen LogP contribution is -2.34. The molecule has 0 aliphatic carbocycles. The SMILES string of the molecule is CCCCC/C=C\C/C=C\C/C=C\C/C=C\CCCC(=O)N[13CH](C)CO. The van der Waals surface area contributed by atoms with E-state index in [9.17, 15) is 4.79 Å². The van der Waals surface area contributed by atoms with E-state index < -0.39 is 0 Å². The molecule has 0 spiro atoms. The van der Waals surface area contributed by atoms with E-state index >= 15 is 0 Å². The molecule has 0 heterocycles. The fourth-order valence-electron chi connectivity index (χ4n) is 2.33. The highest BCUT2D eigenvalue weighted by Crippen LogP contribution is 2.01. The number of unbranched alkanes of at least 4 members (excludes halogenated alkanes) is 4. The molecular formula is C23H39NO2. The third kappa shape index (κ3) is 18.7. The Morgan fingerprint density at radius 2 is 1.35 bits per heavy atom. The number of amides is 1. The van der Waals surface area contributed by atoms with Crippen LogP contribution in [-0.2, 0) is 4.79 Å². The molecule has 1 unspecified atom stereocenters. The van der Waals surface area contributed by atoms with Crippen LogP contribution in [-0.4, -0.2) is 23.7 Å². The van der Waals surface area contributed by atoms with Crippen molar-refractivity contribution < 1.29 is 9.90 Å². The van der Waals surface area contributed by atoms with Crippen molar-refractivity contribution in [3.05, 3.63) is 48.6 Å². The summed E-state index contributed by atoms with van der Waals surface area (Å²) >= 11 is 0. The van der Waals surface area contributed by atoms with Crippen LogP contribution < -0.4 is 5.32 Å². The van der Waals surface area contributed by atoms with Gasteiger partial charge in [-0.1, -0.05) is 68.4 Å². The first kappa shape index (κ1) is 24.4. The normalized spacial score (nSPS) is 13.5. The Morgan fingerprint density at radius 1 is 0.846 bits per heavy atom. The minimum absolute atomic E-state index is 0.0110. The molecule has 0 radical (unpaired) electrons. The molecule has 2 N–H and O–H groups in total. The van der Waals surface area contributed by atoms with Crippen LogP contribution in [0.5, 0.6) is 0 Å². The highest BCUT2D eigenvalue weighted by atomic mass is 16.3. The smallest absolute Gasteiger partial charge is 0.220 e. The van der Waals surface area contributed by atoms with E-state index in [0.717, 1.165) is 32.1 Å². The fraction of sp³-hybridized carbons (Fsp3) is 0.609. The Hall–Kier alpha value is -1.61. The van der Waals surface area contributed by atoms with Gasteiger partial charge in [0, 0.05) is 12.5 Å². The average molecular weight is 363 g/mol. The maximum absolute atomic E-state index is 11.5. The van der Waals surface area contributed by atoms with Gasteiger partial charge in [-0.25, -0.2) is 0 Å². The zero-order valence-corrected chi connectivity index (χ0v) is 16.8. The molecule has 3 heteroatoms. The van der Waals surface area contributed by atoms with E-state index in [1.165, 1.54) is 25.7 Å². The van der Waals surface area contributed by atoms with E-state index in [1.807, 2.05) is 0 Å². The topological polar surface area (TPSA) is 49.3 Å². The van der Waals surface area contributed by atoms with Crippen LogP contribution in [0.3, 0.4) is 0 Å². The van der Waals surface area contributed by atoms with Gasteiger partial charge in [-0.05, 0) is 51.9 Å². The van der Waals surface area contributed by atoms with Gasteiger partial charge < -0.3 is 10.4 Å². The molecule has 26 heavy (non-hydrogen) atoms. The van der Waals surface area contributed by atoms with Gasteiger partial charge >= 0.3 is 0 Å². The van der Waals surface area contributed by atoms with E-state index in [2.05, 4.69) is 60.8 Å². The maximum Gasteiger partial charge on any atom is 0.220 e. The van der Waals surface area contributed by atoms with E-state index in [4.69, 9.17) is 5.11 Å². The van der Waals surface area contributed by atoms with Crippen molar-refractivity contribution in [2.24, 2.45) is 0 Å². The standard InChI is InChI=1S/C23H39NO2/c1-3-4-5-6-7-8-9-10-11-12-13-14-15-16-17-18-19-20-23(26)24-22(2)21-25/h7-8,10-11,13-14,16-17,22,25H,3-6,9,12,15,18-21H2,1-2H3,(H,24,26)/b8-7-,11-10-,14-13-,17-16-/i22+1. The molecule has 3 nitrogen and oxygen atoms in total. The number of nitrogens with one attached hydrogen (secondary N) is 1. The number of carbonyl (C=O) groups excluding carboxylic acids is 1. The Balaban J connectivity index is 3.50. The molecule has 0 aliphatic heterocycles. The second kappa shape index (κ2) is 19.7. The average Bonchev–Trinajstić information content (AvgIpc) is 2.64. The van der Waals surface area contributed by atoms with E-state index in [0.29, 0.717) is 6.42 Å². The quantitative estimate of drug-likeness (QED) is 0.212. The highest BCUT2D eigenvalue weighted by Gasteiger charge is 2.04. The molecule has 0 aliphatic rings. The Labute approximate surface area is 161 Å². The molecule has 0 rings (SSSR count). The van der Waals surface area contributed by atoms with Crippen LogP contribution in [0.25, 0.3) is 0 Å². The molecule has 0 fully saturated rings. The molecule has 0 bridgehead atoms. The molecular weight excluding hydrogens is 323 g/mol. The van der Waals surface area contributed by atoms with Gasteiger partial charge in [0.25, 0.3) is 0 Å². The van der Waals surface area contributed by atoms with Crippen LogP contribution >= 0.6 is 0 Å². The molecule has 0 saturated heterocycles. The van der Waals surface area contributed by atoms with Gasteiger partial charge in [0.2, 0.25) is 5.91 Å². The lowest BCUT2D eigenvalue weighted by atomic mass is 10.2. The predicted octanol–water partition coefficient (Wildman–Crippen LogP) is 5.63. The zero-order valence-electron chi connectivity index (χ0n) is 16.8. The summed E-state index contributed by atoms with van der Waals surface area (Å²) in [5, 5.41) is 11.6. The van der Waals surface area contributed by atoms with Gasteiger partial charge in [-0.15, -0.1) is 0 Å². The van der Waals surface area contributed by atoms with Crippen molar-refractivity contribution in [2.45, 2.75) is 84.1 Å². The number of hydrogen-bond acceptors (Lipinski definition) is 2. The molecule has 1 atom stereocenters. The minimum atomic E-state index is -0.154. The summed E-state index contributed by atoms with van der Waals surface area (Å²) in [4.78, 5) is 11.5. The van der Waals surface area contributed by atoms with Crippen molar-refractivity contribution in [3.8, 4) is 0 Å². The number of allylic oxidation sites excluding steroid dienone is 8. The fourth-order valence-corrected chi connectivity index (χ4v) is 2.33. The third-order valence-electron chi connectivity index (χ3n) is 3.91. The first-order valence-corrected chi connectivity index (χ1v) is 10.2. The second-order valence-corrected chi connectivity index (χ2v) is 6.63. The monoisotopic (exact) mass is 362 g/mol. The van der Waals surface area contributed by atoms with Gasteiger partial charge in [0.1, 0.15) is 0 Å². The first-order chi connectivity index (χ1) is 12.7. The predicted molar refractivity (Wildman–Crippen MR) is 113 cm³/mol. The molecule has 1 amide bonds. The summed E-state index contributed by atoms with van der Waals surface area (Å²) in [7, 11) is 0. The summed E-state index contributed by atoms with van der Waals surface area (Å²) in [6.45, 7) is 4.02. The second-order valence-electron chi connectivity index (χ2n) is 6.63. The van der Waals surface area contributed by atoms with E-state index in [-0.39, 0.29) is 18.6 Å². The maximum atomic E-state index is 11.5. The van der Waals surface area contributed by atoms with Crippen molar-refractivity contribution in [1.29, 1.82) is 0 Å². The minimum Gasteiger partial charge on any atom is -0.394 e. The zero-order chi connectivity index (χ0) is 19.3. The van der Waals surface area contributed by atoms with Crippen LogP contribution in [0.1, 0.15) is 78.1 Å². The summed E-state index contributed by atoms with van der Waals surface area (Å²) in [5.41, 5.74) is 0. The van der Waals surface area contributed by atoms with Crippen LogP contribution in [0.4, 0.5) is 0 Å². The molecule has 0 aromatic carbocycles. The summed E-state index contributed by atoms with van der Waals surface area (Å²) in [6.07, 6.45) is 28.0.